The van der Waals surface area contributed by atoms with Gasteiger partial charge in [0, 0.05) is 5.41 Å². The number of rotatable bonds is 2. The number of ketones is 3. The summed E-state index contributed by atoms with van der Waals surface area (Å²) < 4.78 is 0. The average molecular weight is 210 g/mol. The molecule has 0 radical (unpaired) electrons. The summed E-state index contributed by atoms with van der Waals surface area (Å²) in [6.45, 7) is 4.12. The standard InChI is InChI=1S/C11H14O4/c1-6-4-11(2,3)10(15)8(9(6)14)7(13)5-12/h4,8,12H,5H2,1-3H3. The zero-order chi connectivity index (χ0) is 11.8. The number of hydrogen-bond acceptors (Lipinski definition) is 4. The van der Waals surface area contributed by atoms with Crippen molar-refractivity contribution >= 4 is 17.3 Å². The third-order valence-electron chi connectivity index (χ3n) is 2.60. The Balaban J connectivity index is 3.21. The maximum absolute atomic E-state index is 11.8. The Labute approximate surface area is 88.0 Å². The van der Waals surface area contributed by atoms with Gasteiger partial charge in [-0.1, -0.05) is 6.08 Å². The van der Waals surface area contributed by atoms with E-state index in [0.717, 1.165) is 0 Å². The van der Waals surface area contributed by atoms with Crippen LogP contribution < -0.4 is 0 Å². The normalized spacial score (nSPS) is 25.1. The van der Waals surface area contributed by atoms with Crippen molar-refractivity contribution in [2.45, 2.75) is 20.8 Å². The van der Waals surface area contributed by atoms with Crippen LogP contribution in [0.5, 0.6) is 0 Å². The number of aliphatic hydroxyl groups excluding tert-OH is 1. The van der Waals surface area contributed by atoms with Gasteiger partial charge >= 0.3 is 0 Å². The maximum atomic E-state index is 11.8. The van der Waals surface area contributed by atoms with Crippen molar-refractivity contribution in [1.82, 2.24) is 0 Å². The molecule has 0 aromatic heterocycles. The van der Waals surface area contributed by atoms with Crippen LogP contribution in [0.3, 0.4) is 0 Å². The summed E-state index contributed by atoms with van der Waals surface area (Å²) in [6, 6.07) is 0. The number of carbonyl (C=O) groups is 3. The molecule has 0 fully saturated rings. The van der Waals surface area contributed by atoms with Gasteiger partial charge in [-0.15, -0.1) is 0 Å². The second-order valence-electron chi connectivity index (χ2n) is 4.33. The van der Waals surface area contributed by atoms with E-state index in [9.17, 15) is 14.4 Å². The van der Waals surface area contributed by atoms with Gasteiger partial charge in [0.25, 0.3) is 0 Å². The molecule has 0 aromatic carbocycles. The molecular weight excluding hydrogens is 196 g/mol. The van der Waals surface area contributed by atoms with E-state index in [1.807, 2.05) is 0 Å². The van der Waals surface area contributed by atoms with E-state index in [4.69, 9.17) is 5.11 Å². The van der Waals surface area contributed by atoms with Gasteiger partial charge in [0.2, 0.25) is 0 Å². The summed E-state index contributed by atoms with van der Waals surface area (Å²) in [6.07, 6.45) is 1.57. The van der Waals surface area contributed by atoms with Crippen LogP contribution in [-0.4, -0.2) is 29.1 Å². The minimum Gasteiger partial charge on any atom is -0.389 e. The first-order valence-corrected chi connectivity index (χ1v) is 4.73. The van der Waals surface area contributed by atoms with Crippen LogP contribution in [0.25, 0.3) is 0 Å². The molecule has 0 saturated heterocycles. The first-order chi connectivity index (χ1) is 6.81. The lowest BCUT2D eigenvalue weighted by molar-refractivity contribution is -0.143. The van der Waals surface area contributed by atoms with Crippen LogP contribution in [0.4, 0.5) is 0 Å². The van der Waals surface area contributed by atoms with Crippen LogP contribution in [0.15, 0.2) is 11.6 Å². The van der Waals surface area contributed by atoms with Crippen molar-refractivity contribution in [2.24, 2.45) is 11.3 Å². The van der Waals surface area contributed by atoms with Crippen LogP contribution >= 0.6 is 0 Å². The Morgan fingerprint density at radius 2 is 2.00 bits per heavy atom. The Morgan fingerprint density at radius 3 is 2.47 bits per heavy atom. The molecule has 1 aliphatic rings. The van der Waals surface area contributed by atoms with Gasteiger partial charge in [-0.2, -0.15) is 0 Å². The summed E-state index contributed by atoms with van der Waals surface area (Å²) in [7, 11) is 0. The molecule has 4 heteroatoms. The van der Waals surface area contributed by atoms with E-state index in [1.165, 1.54) is 0 Å². The SMILES string of the molecule is CC1=CC(C)(C)C(=O)C(C(=O)CO)C1=O. The highest BCUT2D eigenvalue weighted by atomic mass is 16.3. The van der Waals surface area contributed by atoms with Gasteiger partial charge in [-0.25, -0.2) is 0 Å². The highest BCUT2D eigenvalue weighted by Crippen LogP contribution is 2.31. The third-order valence-corrected chi connectivity index (χ3v) is 2.60. The van der Waals surface area contributed by atoms with E-state index >= 15 is 0 Å². The summed E-state index contributed by atoms with van der Waals surface area (Å²) >= 11 is 0. The largest absolute Gasteiger partial charge is 0.389 e. The van der Waals surface area contributed by atoms with Gasteiger partial charge < -0.3 is 5.11 Å². The molecule has 0 aliphatic heterocycles. The van der Waals surface area contributed by atoms with Crippen LogP contribution in [-0.2, 0) is 14.4 Å². The maximum Gasteiger partial charge on any atom is 0.176 e. The number of allylic oxidation sites excluding steroid dienone is 2. The van der Waals surface area contributed by atoms with E-state index in [-0.39, 0.29) is 0 Å². The molecule has 0 amide bonds. The van der Waals surface area contributed by atoms with Gasteiger partial charge in [-0.3, -0.25) is 14.4 Å². The van der Waals surface area contributed by atoms with E-state index in [0.29, 0.717) is 5.57 Å². The molecule has 0 saturated carbocycles. The van der Waals surface area contributed by atoms with Gasteiger partial charge in [-0.05, 0) is 26.3 Å². The molecule has 0 aromatic rings. The van der Waals surface area contributed by atoms with Gasteiger partial charge in [0.05, 0.1) is 0 Å². The lowest BCUT2D eigenvalue weighted by atomic mass is 9.71. The first-order valence-electron chi connectivity index (χ1n) is 4.73. The number of hydrogen-bond donors (Lipinski definition) is 1. The van der Waals surface area contributed by atoms with Crippen molar-refractivity contribution < 1.29 is 19.5 Å². The topological polar surface area (TPSA) is 71.4 Å². The molecule has 0 spiro atoms. The summed E-state index contributed by atoms with van der Waals surface area (Å²) in [4.78, 5) is 34.7. The van der Waals surface area contributed by atoms with E-state index in [2.05, 4.69) is 0 Å². The lowest BCUT2D eigenvalue weighted by Gasteiger charge is -2.29. The first kappa shape index (κ1) is 11.8. The predicted molar refractivity (Wildman–Crippen MR) is 53.1 cm³/mol. The van der Waals surface area contributed by atoms with Crippen molar-refractivity contribution in [2.75, 3.05) is 6.61 Å². The second kappa shape index (κ2) is 3.70. The van der Waals surface area contributed by atoms with Gasteiger partial charge in [0.15, 0.2) is 17.3 Å². The van der Waals surface area contributed by atoms with E-state index in [1.54, 1.807) is 26.8 Å². The Hall–Kier alpha value is -1.29. The molecule has 0 bridgehead atoms. The van der Waals surface area contributed by atoms with E-state index < -0.39 is 35.3 Å². The van der Waals surface area contributed by atoms with Crippen LogP contribution in [0.2, 0.25) is 0 Å². The molecule has 1 unspecified atom stereocenters. The van der Waals surface area contributed by atoms with Crippen molar-refractivity contribution in [3.05, 3.63) is 11.6 Å². The molecule has 4 nitrogen and oxygen atoms in total. The lowest BCUT2D eigenvalue weighted by Crippen LogP contribution is -2.44. The van der Waals surface area contributed by atoms with Crippen LogP contribution in [0.1, 0.15) is 20.8 Å². The molecule has 1 atom stereocenters. The molecule has 15 heavy (non-hydrogen) atoms. The second-order valence-corrected chi connectivity index (χ2v) is 4.33. The highest BCUT2D eigenvalue weighted by Gasteiger charge is 2.44. The Bertz CT molecular complexity index is 363. The fraction of sp³-hybridized carbons (Fsp3) is 0.545. The summed E-state index contributed by atoms with van der Waals surface area (Å²) in [5.74, 6) is -2.95. The molecule has 1 aliphatic carbocycles. The quantitative estimate of drug-likeness (QED) is 0.665. The summed E-state index contributed by atoms with van der Waals surface area (Å²) in [5, 5.41) is 8.71. The Morgan fingerprint density at radius 1 is 1.47 bits per heavy atom. The fourth-order valence-corrected chi connectivity index (χ4v) is 1.79. The van der Waals surface area contributed by atoms with Crippen molar-refractivity contribution in [1.29, 1.82) is 0 Å². The van der Waals surface area contributed by atoms with Crippen LogP contribution in [0, 0.1) is 11.3 Å². The average Bonchev–Trinajstić information content (AvgIpc) is 2.14. The van der Waals surface area contributed by atoms with Crippen molar-refractivity contribution in [3.8, 4) is 0 Å². The zero-order valence-electron chi connectivity index (χ0n) is 9.03. The fourth-order valence-electron chi connectivity index (χ4n) is 1.79. The predicted octanol–water partition coefficient (Wildman–Crippen LogP) is 0.288. The van der Waals surface area contributed by atoms with Crippen molar-refractivity contribution in [3.63, 3.8) is 0 Å². The Kier molecular flexibility index (Phi) is 2.90. The highest BCUT2D eigenvalue weighted by molar-refractivity contribution is 6.27. The molecule has 1 rings (SSSR count). The smallest absolute Gasteiger partial charge is 0.176 e. The number of aliphatic hydroxyl groups is 1. The molecular formula is C11H14O4. The number of Topliss-reactive ketones (excluding diaryl/α,β-unsaturated/α-hetero) is 3. The zero-order valence-corrected chi connectivity index (χ0v) is 9.03. The van der Waals surface area contributed by atoms with Gasteiger partial charge in [0.1, 0.15) is 12.5 Å². The number of carbonyl (C=O) groups excluding carboxylic acids is 3. The molecule has 1 N–H and O–H groups in total. The summed E-state index contributed by atoms with van der Waals surface area (Å²) in [5.41, 5.74) is -0.403. The molecule has 82 valence electrons. The minimum absolute atomic E-state index is 0.409. The minimum atomic E-state index is -1.31. The molecule has 0 heterocycles. The monoisotopic (exact) mass is 210 g/mol. The third kappa shape index (κ3) is 1.90.